The molecule has 39 heavy (non-hydrogen) atoms. The molecular formula is C29H27F3N4O3. The van der Waals surface area contributed by atoms with Gasteiger partial charge in [0.25, 0.3) is 0 Å². The molecule has 0 bridgehead atoms. The predicted octanol–water partition coefficient (Wildman–Crippen LogP) is 5.92. The Hall–Kier alpha value is -4.60. The molecule has 0 spiro atoms. The van der Waals surface area contributed by atoms with E-state index in [2.05, 4.69) is 5.10 Å². The first-order valence-corrected chi connectivity index (χ1v) is 12.1. The molecule has 7 nitrogen and oxygen atoms in total. The first-order valence-electron chi connectivity index (χ1n) is 12.1. The van der Waals surface area contributed by atoms with Crippen molar-refractivity contribution in [3.8, 4) is 16.9 Å². The van der Waals surface area contributed by atoms with Crippen LogP contribution in [0.2, 0.25) is 0 Å². The van der Waals surface area contributed by atoms with E-state index in [1.165, 1.54) is 30.5 Å². The molecule has 1 unspecified atom stereocenters. The Balaban J connectivity index is 1.90. The summed E-state index contributed by atoms with van der Waals surface area (Å²) in [5, 5.41) is 14.6. The molecule has 0 aliphatic carbocycles. The summed E-state index contributed by atoms with van der Waals surface area (Å²) in [4.78, 5) is 29.5. The number of rotatable bonds is 8. The molecule has 1 amide bonds. The maximum absolute atomic E-state index is 14.2. The minimum absolute atomic E-state index is 0.0107. The highest BCUT2D eigenvalue weighted by molar-refractivity contribution is 6.12. The Labute approximate surface area is 223 Å². The fourth-order valence-corrected chi connectivity index (χ4v) is 4.29. The van der Waals surface area contributed by atoms with Gasteiger partial charge in [0, 0.05) is 43.7 Å². The SMILES string of the molecule is CCN(C)c1ccc(C(F)(F)F)cc1N(C(=O)C(C=O)c1ccc(O)c(-c2cnn(C)c2)c1)c1ccccc1. The molecule has 1 aromatic heterocycles. The largest absolute Gasteiger partial charge is 0.507 e. The molecule has 1 N–H and O–H groups in total. The number of aryl methyl sites for hydroxylation is 1. The summed E-state index contributed by atoms with van der Waals surface area (Å²) >= 11 is 0. The zero-order valence-electron chi connectivity index (χ0n) is 21.6. The zero-order chi connectivity index (χ0) is 28.3. The summed E-state index contributed by atoms with van der Waals surface area (Å²) in [6.07, 6.45) is -0.998. The molecular weight excluding hydrogens is 509 g/mol. The number of nitrogens with zero attached hydrogens (tertiary/aromatic N) is 4. The van der Waals surface area contributed by atoms with Crippen LogP contribution in [-0.4, -0.2) is 40.7 Å². The molecule has 0 aliphatic rings. The lowest BCUT2D eigenvalue weighted by atomic mass is 9.94. The molecule has 0 saturated carbocycles. The van der Waals surface area contributed by atoms with E-state index in [0.29, 0.717) is 35.3 Å². The van der Waals surface area contributed by atoms with Crippen LogP contribution < -0.4 is 9.80 Å². The fraction of sp³-hybridized carbons (Fsp3) is 0.207. The minimum Gasteiger partial charge on any atom is -0.507 e. The van der Waals surface area contributed by atoms with Gasteiger partial charge in [-0.25, -0.2) is 0 Å². The molecule has 1 heterocycles. The van der Waals surface area contributed by atoms with E-state index in [1.807, 2.05) is 6.92 Å². The van der Waals surface area contributed by atoms with Gasteiger partial charge in [-0.15, -0.1) is 0 Å². The second kappa shape index (κ2) is 11.0. The van der Waals surface area contributed by atoms with Crippen molar-refractivity contribution in [1.82, 2.24) is 9.78 Å². The molecule has 0 saturated heterocycles. The number of benzene rings is 3. The summed E-state index contributed by atoms with van der Waals surface area (Å²) in [6, 6.07) is 15.7. The maximum Gasteiger partial charge on any atom is 0.416 e. The number of phenols is 1. The number of carbonyl (C=O) groups is 2. The van der Waals surface area contributed by atoms with Gasteiger partial charge in [-0.2, -0.15) is 18.3 Å². The van der Waals surface area contributed by atoms with Crippen molar-refractivity contribution in [2.45, 2.75) is 19.0 Å². The number of aromatic hydroxyl groups is 1. The second-order valence-corrected chi connectivity index (χ2v) is 9.02. The lowest BCUT2D eigenvalue weighted by Crippen LogP contribution is -2.34. The van der Waals surface area contributed by atoms with Gasteiger partial charge in [-0.1, -0.05) is 24.3 Å². The minimum atomic E-state index is -4.65. The normalized spacial score (nSPS) is 12.2. The molecule has 10 heteroatoms. The number of para-hydroxylation sites is 1. The third-order valence-electron chi connectivity index (χ3n) is 6.46. The van der Waals surface area contributed by atoms with E-state index in [9.17, 15) is 27.9 Å². The van der Waals surface area contributed by atoms with Crippen molar-refractivity contribution in [2.75, 3.05) is 23.4 Å². The van der Waals surface area contributed by atoms with E-state index in [4.69, 9.17) is 0 Å². The molecule has 202 valence electrons. The Bertz CT molecular complexity index is 1480. The fourth-order valence-electron chi connectivity index (χ4n) is 4.29. The number of hydrogen-bond acceptors (Lipinski definition) is 5. The van der Waals surface area contributed by atoms with Crippen LogP contribution in [0.15, 0.2) is 79.1 Å². The Kier molecular flexibility index (Phi) is 7.75. The first kappa shape index (κ1) is 27.4. The van der Waals surface area contributed by atoms with E-state index in [1.54, 1.807) is 60.2 Å². The van der Waals surface area contributed by atoms with Crippen LogP contribution in [-0.2, 0) is 22.8 Å². The van der Waals surface area contributed by atoms with Gasteiger partial charge in [0.05, 0.1) is 23.1 Å². The quantitative estimate of drug-likeness (QED) is 0.224. The van der Waals surface area contributed by atoms with Gasteiger partial charge < -0.3 is 14.8 Å². The third kappa shape index (κ3) is 5.64. The van der Waals surface area contributed by atoms with Gasteiger partial charge in [-0.3, -0.25) is 14.4 Å². The van der Waals surface area contributed by atoms with Gasteiger partial charge in [0.2, 0.25) is 5.91 Å². The summed E-state index contributed by atoms with van der Waals surface area (Å²) in [5.74, 6) is -2.20. The molecule has 0 radical (unpaired) electrons. The van der Waals surface area contributed by atoms with Crippen LogP contribution in [0.25, 0.3) is 11.1 Å². The predicted molar refractivity (Wildman–Crippen MR) is 143 cm³/mol. The van der Waals surface area contributed by atoms with Gasteiger partial charge in [0.15, 0.2) is 0 Å². The summed E-state index contributed by atoms with van der Waals surface area (Å²) in [7, 11) is 3.41. The highest BCUT2D eigenvalue weighted by Gasteiger charge is 2.35. The summed E-state index contributed by atoms with van der Waals surface area (Å²) in [6.45, 7) is 2.29. The van der Waals surface area contributed by atoms with Gasteiger partial charge in [0.1, 0.15) is 18.0 Å². The topological polar surface area (TPSA) is 78.7 Å². The third-order valence-corrected chi connectivity index (χ3v) is 6.46. The Morgan fingerprint density at radius 2 is 1.79 bits per heavy atom. The van der Waals surface area contributed by atoms with Gasteiger partial charge >= 0.3 is 6.18 Å². The van der Waals surface area contributed by atoms with Crippen LogP contribution in [0, 0.1) is 0 Å². The number of amides is 1. The van der Waals surface area contributed by atoms with Crippen LogP contribution in [0.4, 0.5) is 30.2 Å². The highest BCUT2D eigenvalue weighted by atomic mass is 19.4. The van der Waals surface area contributed by atoms with Crippen molar-refractivity contribution >= 4 is 29.3 Å². The van der Waals surface area contributed by atoms with Crippen LogP contribution in [0.5, 0.6) is 5.75 Å². The molecule has 0 aliphatic heterocycles. The number of aldehydes is 1. The van der Waals surface area contributed by atoms with E-state index in [0.717, 1.165) is 17.0 Å². The average molecular weight is 537 g/mol. The van der Waals surface area contributed by atoms with Crippen molar-refractivity contribution in [3.05, 3.63) is 90.3 Å². The number of phenolic OH excluding ortho intramolecular Hbond substituents is 1. The van der Waals surface area contributed by atoms with Crippen molar-refractivity contribution < 1.29 is 27.9 Å². The maximum atomic E-state index is 14.2. The molecule has 4 aromatic rings. The Morgan fingerprint density at radius 1 is 1.08 bits per heavy atom. The lowest BCUT2D eigenvalue weighted by Gasteiger charge is -2.31. The number of hydrogen-bond donors (Lipinski definition) is 1. The number of alkyl halides is 3. The standard InChI is InChI=1S/C29H27F3N4O3/c1-4-34(2)25-12-11-21(29(30,31)32)15-26(25)36(22-8-6-5-7-9-22)28(39)24(18-37)19-10-13-27(38)23(14-19)20-16-33-35(3)17-20/h5-18,24,38H,4H2,1-3H3. The Morgan fingerprint density at radius 3 is 2.38 bits per heavy atom. The first-order chi connectivity index (χ1) is 18.5. The van der Waals surface area contributed by atoms with Crippen LogP contribution >= 0.6 is 0 Å². The lowest BCUT2D eigenvalue weighted by molar-refractivity contribution is -0.137. The smallest absolute Gasteiger partial charge is 0.416 e. The molecule has 3 aromatic carbocycles. The van der Waals surface area contributed by atoms with Crippen molar-refractivity contribution in [1.29, 1.82) is 0 Å². The number of aromatic nitrogens is 2. The summed E-state index contributed by atoms with van der Waals surface area (Å²) < 4.78 is 42.9. The molecule has 4 rings (SSSR count). The monoisotopic (exact) mass is 536 g/mol. The van der Waals surface area contributed by atoms with E-state index < -0.39 is 23.6 Å². The van der Waals surface area contributed by atoms with E-state index in [-0.39, 0.29) is 17.0 Å². The highest BCUT2D eigenvalue weighted by Crippen LogP contribution is 2.41. The second-order valence-electron chi connectivity index (χ2n) is 9.02. The van der Waals surface area contributed by atoms with Crippen LogP contribution in [0.1, 0.15) is 24.0 Å². The molecule has 1 atom stereocenters. The van der Waals surface area contributed by atoms with Crippen molar-refractivity contribution in [3.63, 3.8) is 0 Å². The van der Waals surface area contributed by atoms with Crippen LogP contribution in [0.3, 0.4) is 0 Å². The summed E-state index contributed by atoms with van der Waals surface area (Å²) in [5.41, 5.74) is 0.939. The van der Waals surface area contributed by atoms with Crippen molar-refractivity contribution in [2.24, 2.45) is 7.05 Å². The van der Waals surface area contributed by atoms with Gasteiger partial charge in [-0.05, 0) is 55.0 Å². The number of carbonyl (C=O) groups excluding carboxylic acids is 2. The number of anilines is 3. The van der Waals surface area contributed by atoms with E-state index >= 15 is 0 Å². The number of halogens is 3. The zero-order valence-corrected chi connectivity index (χ0v) is 21.6. The average Bonchev–Trinajstić information content (AvgIpc) is 3.35. The molecule has 0 fully saturated rings.